The summed E-state index contributed by atoms with van der Waals surface area (Å²) in [4.78, 5) is 21.2. The summed E-state index contributed by atoms with van der Waals surface area (Å²) in [6.45, 7) is 2.49. The van der Waals surface area contributed by atoms with Gasteiger partial charge in [-0.15, -0.1) is 0 Å². The van der Waals surface area contributed by atoms with Gasteiger partial charge < -0.3 is 0 Å². The lowest BCUT2D eigenvalue weighted by molar-refractivity contribution is -0.117. The Morgan fingerprint density at radius 2 is 2.29 bits per heavy atom. The molecule has 1 aliphatic heterocycles. The third-order valence-electron chi connectivity index (χ3n) is 2.14. The van der Waals surface area contributed by atoms with Gasteiger partial charge in [-0.05, 0) is 13.3 Å². The van der Waals surface area contributed by atoms with Crippen molar-refractivity contribution in [3.8, 4) is 0 Å². The summed E-state index contributed by atoms with van der Waals surface area (Å²) in [5.41, 5.74) is 0. The molecule has 2 heterocycles. The number of hydrogen-bond donors (Lipinski definition) is 0. The van der Waals surface area contributed by atoms with Crippen LogP contribution in [0.2, 0.25) is 5.15 Å². The lowest BCUT2D eigenvalue weighted by atomic mass is 10.4. The molecule has 0 bridgehead atoms. The molecule has 1 amide bonds. The first kappa shape index (κ1) is 9.40. The molecule has 5 heteroatoms. The molecule has 0 saturated carbocycles. The maximum Gasteiger partial charge on any atom is 0.228 e. The Morgan fingerprint density at radius 3 is 2.86 bits per heavy atom. The van der Waals surface area contributed by atoms with E-state index in [1.165, 1.54) is 0 Å². The highest BCUT2D eigenvalue weighted by Gasteiger charge is 2.23. The van der Waals surface area contributed by atoms with E-state index in [1.54, 1.807) is 17.9 Å². The molecular formula is C9H10ClN3O. The van der Waals surface area contributed by atoms with E-state index in [9.17, 15) is 4.79 Å². The Bertz CT molecular complexity index is 360. The van der Waals surface area contributed by atoms with Crippen LogP contribution in [0.25, 0.3) is 0 Å². The van der Waals surface area contributed by atoms with Gasteiger partial charge in [0.25, 0.3) is 0 Å². The summed E-state index contributed by atoms with van der Waals surface area (Å²) >= 11 is 5.79. The predicted octanol–water partition coefficient (Wildman–Crippen LogP) is 1.57. The summed E-state index contributed by atoms with van der Waals surface area (Å²) in [7, 11) is 0. The molecule has 0 spiro atoms. The van der Waals surface area contributed by atoms with Gasteiger partial charge >= 0.3 is 0 Å². The van der Waals surface area contributed by atoms with E-state index in [0.717, 1.165) is 13.0 Å². The van der Waals surface area contributed by atoms with Crippen LogP contribution in [-0.4, -0.2) is 22.4 Å². The molecule has 1 fully saturated rings. The predicted molar refractivity (Wildman–Crippen MR) is 53.4 cm³/mol. The highest BCUT2D eigenvalue weighted by molar-refractivity contribution is 6.29. The van der Waals surface area contributed by atoms with Gasteiger partial charge in [0.2, 0.25) is 5.91 Å². The Kier molecular flexibility index (Phi) is 2.37. The molecular weight excluding hydrogens is 202 g/mol. The number of hydrogen-bond acceptors (Lipinski definition) is 3. The number of nitrogens with zero attached hydrogens (tertiary/aromatic N) is 3. The summed E-state index contributed by atoms with van der Waals surface area (Å²) < 4.78 is 0. The molecule has 2 rings (SSSR count). The second-order valence-corrected chi connectivity index (χ2v) is 3.63. The number of aromatic nitrogens is 2. The van der Waals surface area contributed by atoms with Gasteiger partial charge in [0.05, 0.1) is 0 Å². The molecule has 0 aromatic carbocycles. The molecule has 1 aromatic rings. The van der Waals surface area contributed by atoms with Crippen molar-refractivity contribution >= 4 is 23.3 Å². The fraction of sp³-hybridized carbons (Fsp3) is 0.444. The lowest BCUT2D eigenvalue weighted by Crippen LogP contribution is -2.25. The standard InChI is InChI=1S/C9H10ClN3O/c1-6-11-7(10)5-8(12-6)13-4-2-3-9(13)14/h5H,2-4H2,1H3. The largest absolute Gasteiger partial charge is 0.297 e. The van der Waals surface area contributed by atoms with Crippen LogP contribution in [0, 0.1) is 6.92 Å². The van der Waals surface area contributed by atoms with Crippen LogP contribution in [-0.2, 0) is 4.79 Å². The van der Waals surface area contributed by atoms with Crippen molar-refractivity contribution in [2.45, 2.75) is 19.8 Å². The SMILES string of the molecule is Cc1nc(Cl)cc(N2CCCC2=O)n1. The van der Waals surface area contributed by atoms with Gasteiger partial charge in [-0.25, -0.2) is 9.97 Å². The minimum atomic E-state index is 0.110. The molecule has 0 N–H and O–H groups in total. The van der Waals surface area contributed by atoms with Gasteiger partial charge in [-0.3, -0.25) is 9.69 Å². The van der Waals surface area contributed by atoms with Crippen molar-refractivity contribution in [1.82, 2.24) is 9.97 Å². The zero-order valence-corrected chi connectivity index (χ0v) is 8.58. The zero-order valence-electron chi connectivity index (χ0n) is 7.83. The van der Waals surface area contributed by atoms with E-state index >= 15 is 0 Å². The average Bonchev–Trinajstić information content (AvgIpc) is 2.49. The topological polar surface area (TPSA) is 46.1 Å². The highest BCUT2D eigenvalue weighted by Crippen LogP contribution is 2.21. The fourth-order valence-corrected chi connectivity index (χ4v) is 1.76. The number of halogens is 1. The molecule has 1 aromatic heterocycles. The minimum absolute atomic E-state index is 0.110. The Balaban J connectivity index is 2.35. The second-order valence-electron chi connectivity index (χ2n) is 3.25. The van der Waals surface area contributed by atoms with Crippen LogP contribution < -0.4 is 4.90 Å². The van der Waals surface area contributed by atoms with Crippen molar-refractivity contribution in [2.24, 2.45) is 0 Å². The molecule has 1 saturated heterocycles. The van der Waals surface area contributed by atoms with E-state index < -0.39 is 0 Å². The quantitative estimate of drug-likeness (QED) is 0.663. The van der Waals surface area contributed by atoms with Crippen molar-refractivity contribution in [3.63, 3.8) is 0 Å². The first-order chi connectivity index (χ1) is 6.66. The molecule has 0 atom stereocenters. The van der Waals surface area contributed by atoms with Crippen LogP contribution >= 0.6 is 11.6 Å². The summed E-state index contributed by atoms with van der Waals surface area (Å²) in [6, 6.07) is 1.62. The van der Waals surface area contributed by atoms with Crippen molar-refractivity contribution in [3.05, 3.63) is 17.0 Å². The van der Waals surface area contributed by atoms with Crippen LogP contribution in [0.15, 0.2) is 6.07 Å². The number of amides is 1. The Hall–Kier alpha value is -1.16. The van der Waals surface area contributed by atoms with E-state index in [2.05, 4.69) is 9.97 Å². The van der Waals surface area contributed by atoms with Gasteiger partial charge in [0.1, 0.15) is 16.8 Å². The maximum atomic E-state index is 11.4. The summed E-state index contributed by atoms with van der Waals surface area (Å²) in [5, 5.41) is 0.382. The number of carbonyl (C=O) groups is 1. The van der Waals surface area contributed by atoms with Crippen LogP contribution in [0.5, 0.6) is 0 Å². The van der Waals surface area contributed by atoms with Gasteiger partial charge in [0.15, 0.2) is 0 Å². The third-order valence-corrected chi connectivity index (χ3v) is 2.34. The fourth-order valence-electron chi connectivity index (χ4n) is 1.55. The van der Waals surface area contributed by atoms with Gasteiger partial charge in [-0.1, -0.05) is 11.6 Å². The molecule has 0 radical (unpaired) electrons. The second kappa shape index (κ2) is 3.53. The van der Waals surface area contributed by atoms with Crippen LogP contribution in [0.1, 0.15) is 18.7 Å². The molecule has 0 unspecified atom stereocenters. The lowest BCUT2D eigenvalue weighted by Gasteiger charge is -2.14. The smallest absolute Gasteiger partial charge is 0.228 e. The zero-order chi connectivity index (χ0) is 10.1. The number of carbonyl (C=O) groups excluding carboxylic acids is 1. The van der Waals surface area contributed by atoms with Crippen molar-refractivity contribution in [1.29, 1.82) is 0 Å². The van der Waals surface area contributed by atoms with Crippen molar-refractivity contribution < 1.29 is 4.79 Å². The van der Waals surface area contributed by atoms with Gasteiger partial charge in [-0.2, -0.15) is 0 Å². The first-order valence-electron chi connectivity index (χ1n) is 4.48. The van der Waals surface area contributed by atoms with E-state index in [0.29, 0.717) is 23.2 Å². The molecule has 1 aliphatic rings. The first-order valence-corrected chi connectivity index (χ1v) is 4.86. The minimum Gasteiger partial charge on any atom is -0.297 e. The molecule has 4 nitrogen and oxygen atoms in total. The average molecular weight is 212 g/mol. The van der Waals surface area contributed by atoms with E-state index in [1.807, 2.05) is 0 Å². The van der Waals surface area contributed by atoms with Gasteiger partial charge in [0, 0.05) is 19.0 Å². The monoisotopic (exact) mass is 211 g/mol. The maximum absolute atomic E-state index is 11.4. The number of aryl methyl sites for hydroxylation is 1. The molecule has 14 heavy (non-hydrogen) atoms. The van der Waals surface area contributed by atoms with E-state index in [-0.39, 0.29) is 5.91 Å². The normalized spacial score (nSPS) is 16.4. The van der Waals surface area contributed by atoms with E-state index in [4.69, 9.17) is 11.6 Å². The van der Waals surface area contributed by atoms with Crippen LogP contribution in [0.3, 0.4) is 0 Å². The molecule has 0 aliphatic carbocycles. The number of anilines is 1. The van der Waals surface area contributed by atoms with Crippen LogP contribution in [0.4, 0.5) is 5.82 Å². The Morgan fingerprint density at radius 1 is 1.50 bits per heavy atom. The summed E-state index contributed by atoms with van der Waals surface area (Å²) in [6.07, 6.45) is 1.49. The van der Waals surface area contributed by atoms with Crippen molar-refractivity contribution in [2.75, 3.05) is 11.4 Å². The summed E-state index contributed by atoms with van der Waals surface area (Å²) in [5.74, 6) is 1.32. The Labute approximate surface area is 86.9 Å². The third kappa shape index (κ3) is 1.70. The number of rotatable bonds is 1. The molecule has 74 valence electrons. The highest BCUT2D eigenvalue weighted by atomic mass is 35.5.